The van der Waals surface area contributed by atoms with E-state index in [2.05, 4.69) is 17.0 Å². The number of benzene rings is 2. The first-order valence-corrected chi connectivity index (χ1v) is 8.96. The standard InChI is InChI=1S/C21H26N2O2/c1-3-25-20-10-5-4-8-19(20)16-22-11-13-23(14-12-22)21(24)18-9-6-7-17(2)15-18/h4-10,15H,3,11-14,16H2,1-2H3. The zero-order valence-electron chi connectivity index (χ0n) is 15.1. The van der Waals surface area contributed by atoms with E-state index in [1.807, 2.05) is 55.1 Å². The van der Waals surface area contributed by atoms with Gasteiger partial charge in [0.2, 0.25) is 0 Å². The van der Waals surface area contributed by atoms with Crippen LogP contribution in [0.4, 0.5) is 0 Å². The quantitative estimate of drug-likeness (QED) is 0.838. The number of ether oxygens (including phenoxy) is 1. The highest BCUT2D eigenvalue weighted by atomic mass is 16.5. The summed E-state index contributed by atoms with van der Waals surface area (Å²) in [7, 11) is 0. The van der Waals surface area contributed by atoms with Crippen molar-refractivity contribution in [3.05, 3.63) is 65.2 Å². The molecule has 1 saturated heterocycles. The summed E-state index contributed by atoms with van der Waals surface area (Å²) in [5.74, 6) is 1.10. The van der Waals surface area contributed by atoms with E-state index in [1.54, 1.807) is 0 Å². The van der Waals surface area contributed by atoms with E-state index in [-0.39, 0.29) is 5.91 Å². The van der Waals surface area contributed by atoms with Crippen molar-refractivity contribution < 1.29 is 9.53 Å². The van der Waals surface area contributed by atoms with Crippen LogP contribution in [0.3, 0.4) is 0 Å². The maximum atomic E-state index is 12.6. The summed E-state index contributed by atoms with van der Waals surface area (Å²) >= 11 is 0. The predicted octanol–water partition coefficient (Wildman–Crippen LogP) is 3.35. The molecule has 0 bridgehead atoms. The molecule has 1 amide bonds. The Bertz CT molecular complexity index is 721. The molecule has 1 aliphatic rings. The van der Waals surface area contributed by atoms with Gasteiger partial charge in [0.25, 0.3) is 5.91 Å². The van der Waals surface area contributed by atoms with Gasteiger partial charge in [-0.3, -0.25) is 9.69 Å². The van der Waals surface area contributed by atoms with Crippen molar-refractivity contribution in [2.45, 2.75) is 20.4 Å². The summed E-state index contributed by atoms with van der Waals surface area (Å²) < 4.78 is 5.72. The van der Waals surface area contributed by atoms with Gasteiger partial charge < -0.3 is 9.64 Å². The third-order valence-electron chi connectivity index (χ3n) is 4.59. The van der Waals surface area contributed by atoms with Crippen molar-refractivity contribution in [2.75, 3.05) is 32.8 Å². The molecule has 3 rings (SSSR count). The SMILES string of the molecule is CCOc1ccccc1CN1CCN(C(=O)c2cccc(C)c2)CC1. The van der Waals surface area contributed by atoms with Gasteiger partial charge in [0.05, 0.1) is 6.61 Å². The summed E-state index contributed by atoms with van der Waals surface area (Å²) in [6.45, 7) is 8.87. The number of aryl methyl sites for hydroxylation is 1. The van der Waals surface area contributed by atoms with Gasteiger partial charge in [-0.05, 0) is 32.0 Å². The maximum absolute atomic E-state index is 12.6. The van der Waals surface area contributed by atoms with Crippen LogP contribution >= 0.6 is 0 Å². The van der Waals surface area contributed by atoms with Gasteiger partial charge in [-0.25, -0.2) is 0 Å². The van der Waals surface area contributed by atoms with Crippen molar-refractivity contribution in [3.63, 3.8) is 0 Å². The van der Waals surface area contributed by atoms with E-state index in [4.69, 9.17) is 4.74 Å². The highest BCUT2D eigenvalue weighted by Gasteiger charge is 2.22. The van der Waals surface area contributed by atoms with Crippen LogP contribution < -0.4 is 4.74 Å². The van der Waals surface area contributed by atoms with E-state index in [0.717, 1.165) is 49.6 Å². The Morgan fingerprint density at radius 1 is 1.04 bits per heavy atom. The Labute approximate surface area is 150 Å². The first kappa shape index (κ1) is 17.5. The third kappa shape index (κ3) is 4.40. The highest BCUT2D eigenvalue weighted by Crippen LogP contribution is 2.21. The lowest BCUT2D eigenvalue weighted by atomic mass is 10.1. The van der Waals surface area contributed by atoms with Gasteiger partial charge >= 0.3 is 0 Å². The molecule has 0 aromatic heterocycles. The summed E-state index contributed by atoms with van der Waals surface area (Å²) in [5, 5.41) is 0. The van der Waals surface area contributed by atoms with Crippen molar-refractivity contribution >= 4 is 5.91 Å². The molecular weight excluding hydrogens is 312 g/mol. The zero-order chi connectivity index (χ0) is 17.6. The second kappa shape index (κ2) is 8.17. The number of carbonyl (C=O) groups excluding carboxylic acids is 1. The van der Waals surface area contributed by atoms with E-state index >= 15 is 0 Å². The Morgan fingerprint density at radius 3 is 2.52 bits per heavy atom. The van der Waals surface area contributed by atoms with Crippen molar-refractivity contribution in [2.24, 2.45) is 0 Å². The number of hydrogen-bond acceptors (Lipinski definition) is 3. The normalized spacial score (nSPS) is 15.2. The maximum Gasteiger partial charge on any atom is 0.253 e. The van der Waals surface area contributed by atoms with Crippen LogP contribution in [0, 0.1) is 6.92 Å². The van der Waals surface area contributed by atoms with Crippen LogP contribution in [0.5, 0.6) is 5.75 Å². The molecule has 2 aromatic rings. The molecule has 4 heteroatoms. The molecule has 0 atom stereocenters. The number of carbonyl (C=O) groups is 1. The largest absolute Gasteiger partial charge is 0.494 e. The first-order chi connectivity index (χ1) is 12.2. The molecule has 0 radical (unpaired) electrons. The number of nitrogens with zero attached hydrogens (tertiary/aromatic N) is 2. The topological polar surface area (TPSA) is 32.8 Å². The average molecular weight is 338 g/mol. The van der Waals surface area contributed by atoms with Crippen LogP contribution in [-0.2, 0) is 6.54 Å². The molecule has 0 saturated carbocycles. The first-order valence-electron chi connectivity index (χ1n) is 8.96. The van der Waals surface area contributed by atoms with Gasteiger partial charge in [-0.2, -0.15) is 0 Å². The molecule has 1 fully saturated rings. The molecule has 132 valence electrons. The highest BCUT2D eigenvalue weighted by molar-refractivity contribution is 5.94. The molecular formula is C21H26N2O2. The Balaban J connectivity index is 1.58. The summed E-state index contributed by atoms with van der Waals surface area (Å²) in [6, 6.07) is 16.0. The minimum absolute atomic E-state index is 0.137. The number of amides is 1. The lowest BCUT2D eigenvalue weighted by molar-refractivity contribution is 0.0627. The second-order valence-corrected chi connectivity index (χ2v) is 6.48. The van der Waals surface area contributed by atoms with Gasteiger partial charge in [0.15, 0.2) is 0 Å². The lowest BCUT2D eigenvalue weighted by Crippen LogP contribution is -2.48. The van der Waals surface area contributed by atoms with E-state index in [0.29, 0.717) is 6.61 Å². The molecule has 2 aromatic carbocycles. The Kier molecular flexibility index (Phi) is 5.71. The van der Waals surface area contributed by atoms with Crippen LogP contribution in [-0.4, -0.2) is 48.5 Å². The Morgan fingerprint density at radius 2 is 1.80 bits per heavy atom. The second-order valence-electron chi connectivity index (χ2n) is 6.48. The van der Waals surface area contributed by atoms with Crippen LogP contribution in [0.25, 0.3) is 0 Å². The summed E-state index contributed by atoms with van der Waals surface area (Å²) in [5.41, 5.74) is 3.12. The molecule has 25 heavy (non-hydrogen) atoms. The van der Waals surface area contributed by atoms with Crippen LogP contribution in [0.2, 0.25) is 0 Å². The smallest absolute Gasteiger partial charge is 0.253 e. The molecule has 4 nitrogen and oxygen atoms in total. The van der Waals surface area contributed by atoms with Gasteiger partial charge in [0, 0.05) is 43.9 Å². The number of piperazine rings is 1. The van der Waals surface area contributed by atoms with E-state index in [1.165, 1.54) is 5.56 Å². The van der Waals surface area contributed by atoms with Gasteiger partial charge in [0.1, 0.15) is 5.75 Å². The van der Waals surface area contributed by atoms with E-state index in [9.17, 15) is 4.79 Å². The predicted molar refractivity (Wildman–Crippen MR) is 100.0 cm³/mol. The lowest BCUT2D eigenvalue weighted by Gasteiger charge is -2.35. The Hall–Kier alpha value is -2.33. The summed E-state index contributed by atoms with van der Waals surface area (Å²) in [6.07, 6.45) is 0. The fraction of sp³-hybridized carbons (Fsp3) is 0.381. The monoisotopic (exact) mass is 338 g/mol. The third-order valence-corrected chi connectivity index (χ3v) is 4.59. The van der Waals surface area contributed by atoms with Gasteiger partial charge in [-0.1, -0.05) is 35.9 Å². The minimum atomic E-state index is 0.137. The summed E-state index contributed by atoms with van der Waals surface area (Å²) in [4.78, 5) is 17.0. The molecule has 0 aliphatic carbocycles. The molecule has 0 spiro atoms. The number of para-hydroxylation sites is 1. The van der Waals surface area contributed by atoms with Crippen molar-refractivity contribution in [3.8, 4) is 5.75 Å². The van der Waals surface area contributed by atoms with Crippen molar-refractivity contribution in [1.82, 2.24) is 9.80 Å². The zero-order valence-corrected chi connectivity index (χ0v) is 15.1. The van der Waals surface area contributed by atoms with Crippen LogP contribution in [0.15, 0.2) is 48.5 Å². The fourth-order valence-electron chi connectivity index (χ4n) is 3.24. The van der Waals surface area contributed by atoms with E-state index < -0.39 is 0 Å². The molecule has 0 unspecified atom stereocenters. The average Bonchev–Trinajstić information content (AvgIpc) is 2.64. The minimum Gasteiger partial charge on any atom is -0.494 e. The van der Waals surface area contributed by atoms with Gasteiger partial charge in [-0.15, -0.1) is 0 Å². The number of hydrogen-bond donors (Lipinski definition) is 0. The molecule has 0 N–H and O–H groups in total. The number of rotatable bonds is 5. The van der Waals surface area contributed by atoms with Crippen molar-refractivity contribution in [1.29, 1.82) is 0 Å². The molecule has 1 heterocycles. The fourth-order valence-corrected chi connectivity index (χ4v) is 3.24. The van der Waals surface area contributed by atoms with Crippen LogP contribution in [0.1, 0.15) is 28.4 Å². The molecule has 1 aliphatic heterocycles.